The Morgan fingerprint density at radius 2 is 1.81 bits per heavy atom. The molecule has 0 saturated carbocycles. The molecule has 1 aromatic carbocycles. The van der Waals surface area contributed by atoms with Crippen molar-refractivity contribution >= 4 is 9.84 Å². The van der Waals surface area contributed by atoms with Gasteiger partial charge in [0.1, 0.15) is 16.4 Å². The molecular formula is C9H10F2O4S. The molecule has 0 spiro atoms. The maximum absolute atomic E-state index is 12.3. The van der Waals surface area contributed by atoms with Gasteiger partial charge in [-0.3, -0.25) is 0 Å². The Bertz CT molecular complexity index is 470. The van der Waals surface area contributed by atoms with Gasteiger partial charge in [-0.05, 0) is 12.1 Å². The number of sulfone groups is 1. The fourth-order valence-electron chi connectivity index (χ4n) is 1.11. The third-order valence-electron chi connectivity index (χ3n) is 1.91. The van der Waals surface area contributed by atoms with E-state index in [2.05, 4.69) is 0 Å². The topological polar surface area (TPSA) is 52.6 Å². The van der Waals surface area contributed by atoms with Crippen LogP contribution in [0.5, 0.6) is 11.5 Å². The fraction of sp³-hybridized carbons (Fsp3) is 0.333. The van der Waals surface area contributed by atoms with E-state index < -0.39 is 20.5 Å². The number of halogens is 2. The zero-order valence-corrected chi connectivity index (χ0v) is 9.42. The lowest BCUT2D eigenvalue weighted by atomic mass is 10.3. The van der Waals surface area contributed by atoms with E-state index in [9.17, 15) is 17.2 Å². The monoisotopic (exact) mass is 252 g/mol. The van der Waals surface area contributed by atoms with Crippen molar-refractivity contribution < 1.29 is 26.7 Å². The molecule has 0 aliphatic rings. The minimum Gasteiger partial charge on any atom is -0.497 e. The van der Waals surface area contributed by atoms with Crippen LogP contribution in [-0.4, -0.2) is 28.4 Å². The lowest BCUT2D eigenvalue weighted by Gasteiger charge is -2.10. The van der Waals surface area contributed by atoms with E-state index in [1.807, 2.05) is 0 Å². The van der Waals surface area contributed by atoms with Gasteiger partial charge in [0, 0.05) is 6.07 Å². The smallest absolute Gasteiger partial charge is 0.341 e. The molecule has 0 bridgehead atoms. The Morgan fingerprint density at radius 3 is 2.25 bits per heavy atom. The zero-order valence-electron chi connectivity index (χ0n) is 8.61. The summed E-state index contributed by atoms with van der Waals surface area (Å²) >= 11 is 0. The van der Waals surface area contributed by atoms with Crippen LogP contribution in [-0.2, 0) is 9.84 Å². The first-order valence-electron chi connectivity index (χ1n) is 4.17. The number of benzene rings is 1. The highest BCUT2D eigenvalue weighted by Crippen LogP contribution is 2.31. The van der Waals surface area contributed by atoms with Crippen LogP contribution in [0.1, 0.15) is 0 Å². The predicted octanol–water partition coefficient (Wildman–Crippen LogP) is 1.70. The zero-order chi connectivity index (χ0) is 12.3. The number of rotatable bonds is 4. The van der Waals surface area contributed by atoms with Crippen LogP contribution in [0.25, 0.3) is 0 Å². The summed E-state index contributed by atoms with van der Waals surface area (Å²) in [5, 5.41) is 0. The molecule has 0 N–H and O–H groups in total. The molecule has 0 aliphatic heterocycles. The summed E-state index contributed by atoms with van der Waals surface area (Å²) in [5.74, 6) is -3.32. The van der Waals surface area contributed by atoms with Gasteiger partial charge in [0.05, 0.1) is 14.2 Å². The molecule has 1 aromatic rings. The highest BCUT2D eigenvalue weighted by molar-refractivity contribution is 7.91. The first-order chi connectivity index (χ1) is 7.43. The van der Waals surface area contributed by atoms with Crippen LogP contribution in [0.4, 0.5) is 8.78 Å². The molecule has 0 heterocycles. The van der Waals surface area contributed by atoms with E-state index in [1.165, 1.54) is 26.4 Å². The minimum absolute atomic E-state index is 0.167. The average molecular weight is 252 g/mol. The first-order valence-corrected chi connectivity index (χ1v) is 5.72. The largest absolute Gasteiger partial charge is 0.497 e. The average Bonchev–Trinajstić information content (AvgIpc) is 2.27. The molecule has 7 heteroatoms. The molecule has 0 aromatic heterocycles. The SMILES string of the molecule is COc1ccc(S(=O)(=O)C(F)F)c(OC)c1. The van der Waals surface area contributed by atoms with Gasteiger partial charge in [-0.15, -0.1) is 0 Å². The van der Waals surface area contributed by atoms with Crippen LogP contribution in [0, 0.1) is 0 Å². The second-order valence-electron chi connectivity index (χ2n) is 2.82. The van der Waals surface area contributed by atoms with Crippen molar-refractivity contribution in [3.63, 3.8) is 0 Å². The van der Waals surface area contributed by atoms with Gasteiger partial charge in [-0.25, -0.2) is 8.42 Å². The summed E-state index contributed by atoms with van der Waals surface area (Å²) in [6.45, 7) is 0. The van der Waals surface area contributed by atoms with E-state index in [4.69, 9.17) is 9.47 Å². The van der Waals surface area contributed by atoms with Gasteiger partial charge in [0.2, 0.25) is 9.84 Å². The standard InChI is InChI=1S/C9H10F2O4S/c1-14-6-3-4-8(7(5-6)15-2)16(12,13)9(10)11/h3-5,9H,1-2H3. The van der Waals surface area contributed by atoms with Gasteiger partial charge in [-0.2, -0.15) is 8.78 Å². The lowest BCUT2D eigenvalue weighted by molar-refractivity contribution is 0.234. The highest BCUT2D eigenvalue weighted by Gasteiger charge is 2.30. The van der Waals surface area contributed by atoms with Gasteiger partial charge >= 0.3 is 5.76 Å². The molecule has 0 saturated heterocycles. The maximum Gasteiger partial charge on any atom is 0.341 e. The van der Waals surface area contributed by atoms with Crippen molar-refractivity contribution in [1.29, 1.82) is 0 Å². The van der Waals surface area contributed by atoms with Crippen LogP contribution in [0.15, 0.2) is 23.1 Å². The Balaban J connectivity index is 3.35. The van der Waals surface area contributed by atoms with Crippen molar-refractivity contribution in [2.24, 2.45) is 0 Å². The van der Waals surface area contributed by atoms with Crippen molar-refractivity contribution in [3.05, 3.63) is 18.2 Å². The summed E-state index contributed by atoms with van der Waals surface area (Å²) in [6.07, 6.45) is 0. The molecule has 0 fully saturated rings. The second-order valence-corrected chi connectivity index (χ2v) is 4.71. The molecule has 4 nitrogen and oxygen atoms in total. The summed E-state index contributed by atoms with van der Waals surface area (Å²) < 4.78 is 56.7. The van der Waals surface area contributed by atoms with E-state index >= 15 is 0 Å². The molecular weight excluding hydrogens is 242 g/mol. The van der Waals surface area contributed by atoms with Crippen molar-refractivity contribution in [1.82, 2.24) is 0 Å². The Hall–Kier alpha value is -1.37. The third-order valence-corrected chi connectivity index (χ3v) is 3.33. The summed E-state index contributed by atoms with van der Waals surface area (Å²) in [4.78, 5) is -0.550. The third kappa shape index (κ3) is 2.24. The number of hydrogen-bond donors (Lipinski definition) is 0. The summed E-state index contributed by atoms with van der Waals surface area (Å²) in [6, 6.07) is 3.53. The van der Waals surface area contributed by atoms with E-state index in [-0.39, 0.29) is 5.75 Å². The first kappa shape index (κ1) is 12.7. The Labute approximate surface area is 91.7 Å². The minimum atomic E-state index is -4.66. The lowest BCUT2D eigenvalue weighted by Crippen LogP contribution is -2.12. The second kappa shape index (κ2) is 4.65. The maximum atomic E-state index is 12.3. The van der Waals surface area contributed by atoms with Crippen LogP contribution in [0.2, 0.25) is 0 Å². The molecule has 0 radical (unpaired) electrons. The van der Waals surface area contributed by atoms with Crippen LogP contribution >= 0.6 is 0 Å². The van der Waals surface area contributed by atoms with Gasteiger partial charge in [-0.1, -0.05) is 0 Å². The van der Waals surface area contributed by atoms with Crippen molar-refractivity contribution in [3.8, 4) is 11.5 Å². The fourth-order valence-corrected chi connectivity index (χ4v) is 1.98. The van der Waals surface area contributed by atoms with E-state index in [0.717, 1.165) is 6.07 Å². The molecule has 90 valence electrons. The number of hydrogen-bond acceptors (Lipinski definition) is 4. The van der Waals surface area contributed by atoms with E-state index in [0.29, 0.717) is 5.75 Å². The van der Waals surface area contributed by atoms with Gasteiger partial charge in [0.25, 0.3) is 0 Å². The predicted molar refractivity (Wildman–Crippen MR) is 52.7 cm³/mol. The molecule has 0 unspecified atom stereocenters. The normalized spacial score (nSPS) is 11.6. The summed E-state index contributed by atoms with van der Waals surface area (Å²) in [5.41, 5.74) is 0. The highest BCUT2D eigenvalue weighted by atomic mass is 32.2. The molecule has 0 aliphatic carbocycles. The molecule has 1 rings (SSSR count). The Morgan fingerprint density at radius 1 is 1.19 bits per heavy atom. The molecule has 0 atom stereocenters. The van der Waals surface area contributed by atoms with E-state index in [1.54, 1.807) is 0 Å². The number of alkyl halides is 2. The molecule has 0 amide bonds. The number of ether oxygens (including phenoxy) is 2. The van der Waals surface area contributed by atoms with Crippen molar-refractivity contribution in [2.45, 2.75) is 10.7 Å². The van der Waals surface area contributed by atoms with Gasteiger partial charge < -0.3 is 9.47 Å². The molecule has 16 heavy (non-hydrogen) atoms. The Kier molecular flexibility index (Phi) is 3.69. The number of methoxy groups -OCH3 is 2. The van der Waals surface area contributed by atoms with Gasteiger partial charge in [0.15, 0.2) is 0 Å². The van der Waals surface area contributed by atoms with Crippen LogP contribution in [0.3, 0.4) is 0 Å². The van der Waals surface area contributed by atoms with Crippen LogP contribution < -0.4 is 9.47 Å². The summed E-state index contributed by atoms with van der Waals surface area (Å²) in [7, 11) is -2.09. The quantitative estimate of drug-likeness (QED) is 0.818. The van der Waals surface area contributed by atoms with Crippen molar-refractivity contribution in [2.75, 3.05) is 14.2 Å².